The molecule has 0 amide bonds. The van der Waals surface area contributed by atoms with E-state index in [-0.39, 0.29) is 18.5 Å². The predicted molar refractivity (Wildman–Crippen MR) is 113 cm³/mol. The second kappa shape index (κ2) is 9.52. The van der Waals surface area contributed by atoms with Crippen molar-refractivity contribution < 1.29 is 5.11 Å². The Labute approximate surface area is 167 Å². The van der Waals surface area contributed by atoms with Crippen LogP contribution in [0.15, 0.2) is 29.6 Å². The fourth-order valence-corrected chi connectivity index (χ4v) is 5.67. The molecule has 2 aromatic rings. The smallest absolute Gasteiger partial charge is 0.0844 e. The molecular formula is C21H31ClN2OS. The first-order valence-corrected chi connectivity index (χ1v) is 10.8. The molecule has 3 nitrogen and oxygen atoms in total. The van der Waals surface area contributed by atoms with E-state index in [0.717, 1.165) is 44.2 Å². The molecule has 4 rings (SSSR count). The van der Waals surface area contributed by atoms with E-state index in [2.05, 4.69) is 39.9 Å². The fourth-order valence-electron chi connectivity index (χ4n) is 4.68. The van der Waals surface area contributed by atoms with Gasteiger partial charge in [0, 0.05) is 43.3 Å². The number of piperazine rings is 1. The SMILES string of the molecule is Cl.OC(c1csc2ccccc12)C(CC1CCCC1)CN1CCNCC1. The summed E-state index contributed by atoms with van der Waals surface area (Å²) in [5.74, 6) is 1.16. The maximum atomic E-state index is 11.3. The Kier molecular flexibility index (Phi) is 7.35. The van der Waals surface area contributed by atoms with Crippen molar-refractivity contribution in [2.24, 2.45) is 11.8 Å². The van der Waals surface area contributed by atoms with Gasteiger partial charge in [-0.2, -0.15) is 0 Å². The molecule has 26 heavy (non-hydrogen) atoms. The van der Waals surface area contributed by atoms with Crippen LogP contribution >= 0.6 is 23.7 Å². The number of thiophene rings is 1. The molecule has 1 aliphatic carbocycles. The average Bonchev–Trinajstić information content (AvgIpc) is 3.31. The monoisotopic (exact) mass is 394 g/mol. The molecule has 1 saturated carbocycles. The van der Waals surface area contributed by atoms with E-state index >= 15 is 0 Å². The van der Waals surface area contributed by atoms with Crippen LogP contribution in [-0.2, 0) is 0 Å². The van der Waals surface area contributed by atoms with Crippen molar-refractivity contribution in [1.82, 2.24) is 10.2 Å². The van der Waals surface area contributed by atoms with Gasteiger partial charge >= 0.3 is 0 Å². The first kappa shape index (κ1) is 20.1. The van der Waals surface area contributed by atoms with Crippen molar-refractivity contribution in [3.05, 3.63) is 35.2 Å². The van der Waals surface area contributed by atoms with Crippen LogP contribution < -0.4 is 5.32 Å². The van der Waals surface area contributed by atoms with Gasteiger partial charge in [0.05, 0.1) is 6.10 Å². The van der Waals surface area contributed by atoms with E-state index < -0.39 is 0 Å². The summed E-state index contributed by atoms with van der Waals surface area (Å²) in [6, 6.07) is 8.51. The highest BCUT2D eigenvalue weighted by Gasteiger charge is 2.29. The summed E-state index contributed by atoms with van der Waals surface area (Å²) >= 11 is 1.76. The summed E-state index contributed by atoms with van der Waals surface area (Å²) in [5.41, 5.74) is 1.15. The Morgan fingerprint density at radius 2 is 1.88 bits per heavy atom. The van der Waals surface area contributed by atoms with Crippen molar-refractivity contribution in [3.8, 4) is 0 Å². The van der Waals surface area contributed by atoms with Gasteiger partial charge in [0.1, 0.15) is 0 Å². The van der Waals surface area contributed by atoms with Crippen LogP contribution in [0, 0.1) is 11.8 Å². The summed E-state index contributed by atoms with van der Waals surface area (Å²) in [5, 5.41) is 18.2. The minimum atomic E-state index is -0.341. The average molecular weight is 395 g/mol. The number of halogens is 1. The molecular weight excluding hydrogens is 364 g/mol. The molecule has 2 atom stereocenters. The number of hydrogen-bond donors (Lipinski definition) is 2. The third kappa shape index (κ3) is 4.60. The lowest BCUT2D eigenvalue weighted by molar-refractivity contribution is 0.0619. The first-order valence-electron chi connectivity index (χ1n) is 9.88. The van der Waals surface area contributed by atoms with Crippen LogP contribution in [-0.4, -0.2) is 42.7 Å². The fraction of sp³-hybridized carbons (Fsp3) is 0.619. The van der Waals surface area contributed by atoms with Crippen LogP contribution in [0.3, 0.4) is 0 Å². The van der Waals surface area contributed by atoms with Crippen molar-refractivity contribution >= 4 is 33.8 Å². The quantitative estimate of drug-likeness (QED) is 0.759. The molecule has 1 aromatic carbocycles. The zero-order chi connectivity index (χ0) is 17.1. The summed E-state index contributed by atoms with van der Waals surface area (Å²) < 4.78 is 1.29. The summed E-state index contributed by atoms with van der Waals surface area (Å²) in [6.07, 6.45) is 6.30. The molecule has 2 aliphatic rings. The van der Waals surface area contributed by atoms with Crippen molar-refractivity contribution in [1.29, 1.82) is 0 Å². The van der Waals surface area contributed by atoms with E-state index in [1.54, 1.807) is 11.3 Å². The van der Waals surface area contributed by atoms with Crippen molar-refractivity contribution in [2.45, 2.75) is 38.2 Å². The van der Waals surface area contributed by atoms with Crippen LogP contribution in [0.5, 0.6) is 0 Å². The second-order valence-corrected chi connectivity index (χ2v) is 8.74. The van der Waals surface area contributed by atoms with Crippen molar-refractivity contribution in [3.63, 3.8) is 0 Å². The zero-order valence-corrected chi connectivity index (χ0v) is 17.0. The molecule has 0 radical (unpaired) electrons. The maximum absolute atomic E-state index is 11.3. The van der Waals surface area contributed by atoms with Crippen molar-refractivity contribution in [2.75, 3.05) is 32.7 Å². The summed E-state index contributed by atoms with van der Waals surface area (Å²) in [4.78, 5) is 2.55. The molecule has 2 heterocycles. The van der Waals surface area contributed by atoms with Gasteiger partial charge in [0.2, 0.25) is 0 Å². The topological polar surface area (TPSA) is 35.5 Å². The predicted octanol–water partition coefficient (Wildman–Crippen LogP) is 4.46. The third-order valence-electron chi connectivity index (χ3n) is 6.09. The molecule has 2 unspecified atom stereocenters. The summed E-state index contributed by atoms with van der Waals surface area (Å²) in [7, 11) is 0. The molecule has 0 bridgehead atoms. The van der Waals surface area contributed by atoms with Crippen LogP contribution in [0.25, 0.3) is 10.1 Å². The number of rotatable bonds is 6. The third-order valence-corrected chi connectivity index (χ3v) is 7.07. The summed E-state index contributed by atoms with van der Waals surface area (Å²) in [6.45, 7) is 5.40. The highest BCUT2D eigenvalue weighted by atomic mass is 35.5. The lowest BCUT2D eigenvalue weighted by Gasteiger charge is -2.34. The van der Waals surface area contributed by atoms with Gasteiger partial charge in [-0.05, 0) is 34.7 Å². The van der Waals surface area contributed by atoms with Crippen LogP contribution in [0.2, 0.25) is 0 Å². The maximum Gasteiger partial charge on any atom is 0.0844 e. The van der Waals surface area contributed by atoms with E-state index in [0.29, 0.717) is 5.92 Å². The van der Waals surface area contributed by atoms with E-state index in [1.807, 2.05) is 0 Å². The van der Waals surface area contributed by atoms with Gasteiger partial charge in [-0.15, -0.1) is 23.7 Å². The second-order valence-electron chi connectivity index (χ2n) is 7.83. The number of hydrogen-bond acceptors (Lipinski definition) is 4. The van der Waals surface area contributed by atoms with E-state index in [4.69, 9.17) is 0 Å². The molecule has 2 fully saturated rings. The van der Waals surface area contributed by atoms with Gasteiger partial charge in [-0.1, -0.05) is 43.9 Å². The number of benzene rings is 1. The normalized spacial score (nSPS) is 21.6. The molecule has 1 aliphatic heterocycles. The highest BCUT2D eigenvalue weighted by molar-refractivity contribution is 7.17. The Morgan fingerprint density at radius 3 is 2.65 bits per heavy atom. The van der Waals surface area contributed by atoms with Gasteiger partial charge in [0.15, 0.2) is 0 Å². The lowest BCUT2D eigenvalue weighted by Crippen LogP contribution is -2.46. The molecule has 144 valence electrons. The van der Waals surface area contributed by atoms with Gasteiger partial charge in [-0.3, -0.25) is 0 Å². The molecule has 5 heteroatoms. The Bertz CT molecular complexity index is 679. The molecule has 0 spiro atoms. The minimum absolute atomic E-state index is 0. The number of nitrogens with one attached hydrogen (secondary N) is 1. The van der Waals surface area contributed by atoms with Crippen LogP contribution in [0.1, 0.15) is 43.8 Å². The largest absolute Gasteiger partial charge is 0.388 e. The number of nitrogens with zero attached hydrogens (tertiary/aromatic N) is 1. The number of aliphatic hydroxyl groups is 1. The first-order chi connectivity index (χ1) is 12.3. The van der Waals surface area contributed by atoms with E-state index in [1.165, 1.54) is 42.2 Å². The Balaban J connectivity index is 0.00000196. The Morgan fingerprint density at radius 1 is 1.15 bits per heavy atom. The standard InChI is InChI=1S/C21H30N2OS.ClH/c24-21(19-15-25-20-8-4-3-7-18(19)20)17(13-16-5-1-2-6-16)14-23-11-9-22-10-12-23;/h3-4,7-8,15-17,21-22,24H,1-2,5-6,9-14H2;1H. The number of fused-ring (bicyclic) bond motifs is 1. The van der Waals surface area contributed by atoms with E-state index in [9.17, 15) is 5.11 Å². The Hall–Kier alpha value is -0.650. The zero-order valence-electron chi connectivity index (χ0n) is 15.4. The van der Waals surface area contributed by atoms with Crippen LogP contribution in [0.4, 0.5) is 0 Å². The van der Waals surface area contributed by atoms with Gasteiger partial charge < -0.3 is 15.3 Å². The lowest BCUT2D eigenvalue weighted by atomic mass is 9.85. The highest BCUT2D eigenvalue weighted by Crippen LogP contribution is 2.39. The molecule has 2 N–H and O–H groups in total. The molecule has 1 saturated heterocycles. The molecule has 1 aromatic heterocycles. The van der Waals surface area contributed by atoms with Gasteiger partial charge in [0.25, 0.3) is 0 Å². The minimum Gasteiger partial charge on any atom is -0.388 e. The number of aliphatic hydroxyl groups excluding tert-OH is 1. The van der Waals surface area contributed by atoms with Gasteiger partial charge in [-0.25, -0.2) is 0 Å².